The molecule has 3 N–H and O–H groups in total. The van der Waals surface area contributed by atoms with Crippen LogP contribution in [0.15, 0.2) is 65.4 Å². The van der Waals surface area contributed by atoms with Gasteiger partial charge in [0, 0.05) is 24.5 Å². The number of para-hydroxylation sites is 1. The van der Waals surface area contributed by atoms with Crippen molar-refractivity contribution in [2.75, 3.05) is 37.1 Å². The van der Waals surface area contributed by atoms with E-state index in [-0.39, 0.29) is 40.4 Å². The summed E-state index contributed by atoms with van der Waals surface area (Å²) in [5, 5.41) is 22.8. The van der Waals surface area contributed by atoms with E-state index < -0.39 is 24.1 Å². The summed E-state index contributed by atoms with van der Waals surface area (Å²) in [4.78, 5) is 44.1. The molecule has 0 aliphatic carbocycles. The van der Waals surface area contributed by atoms with Gasteiger partial charge in [0.25, 0.3) is 5.91 Å². The molecule has 0 bridgehead atoms. The van der Waals surface area contributed by atoms with Crippen LogP contribution < -0.4 is 15.0 Å². The highest BCUT2D eigenvalue weighted by molar-refractivity contribution is 7.20. The number of aromatic carboxylic acids is 1. The number of hydrogen-bond acceptors (Lipinski definition) is 9. The van der Waals surface area contributed by atoms with E-state index in [1.807, 2.05) is 18.2 Å². The molecule has 1 aliphatic heterocycles. The summed E-state index contributed by atoms with van der Waals surface area (Å²) in [6.07, 6.45) is 1.91. The van der Waals surface area contributed by atoms with Gasteiger partial charge in [-0.15, -0.1) is 11.3 Å². The van der Waals surface area contributed by atoms with Crippen LogP contribution in [-0.4, -0.2) is 66.1 Å². The molecule has 1 atom stereocenters. The van der Waals surface area contributed by atoms with Gasteiger partial charge in [-0.1, -0.05) is 24.3 Å². The molecular formula is C31H31N3O9S. The molecule has 0 spiro atoms. The Balaban J connectivity index is 1.57. The van der Waals surface area contributed by atoms with Crippen molar-refractivity contribution in [1.29, 1.82) is 0 Å². The Labute approximate surface area is 256 Å². The number of benzene rings is 2. The van der Waals surface area contributed by atoms with Gasteiger partial charge >= 0.3 is 12.1 Å². The van der Waals surface area contributed by atoms with Crippen LogP contribution in [0.5, 0.6) is 5.75 Å². The van der Waals surface area contributed by atoms with Crippen LogP contribution in [0.4, 0.5) is 15.5 Å². The number of ether oxygens (including phenoxy) is 3. The highest BCUT2D eigenvalue weighted by Gasteiger charge is 2.34. The number of nitrogens with zero attached hydrogens (tertiary/aromatic N) is 2. The standard InChI is InChI=1S/C31H31N3O9S/c1-18-25(27(35)33-20-7-5-6-19(16-20)30(36)37)29(44-26(18)28-32-12-15-42-28)34(31(38)39)17-24(43-21-10-13-41-14-11-21)22-8-3-4-9-23(22)40-2/h3-9,12,15-16,21,24H,10-11,13-14,17H2,1-2H3,(H,33,35)(H,36,37)(H,38,39)/t24-/m0/s1. The first-order chi connectivity index (χ1) is 21.3. The Morgan fingerprint density at radius 2 is 1.91 bits per heavy atom. The number of thiophene rings is 1. The number of hydrogen-bond donors (Lipinski definition) is 3. The molecule has 2 aromatic carbocycles. The van der Waals surface area contributed by atoms with Crippen molar-refractivity contribution in [3.05, 3.63) is 83.2 Å². The van der Waals surface area contributed by atoms with Gasteiger partial charge in [0.2, 0.25) is 5.89 Å². The van der Waals surface area contributed by atoms with Crippen molar-refractivity contribution in [2.24, 2.45) is 0 Å². The average Bonchev–Trinajstić information content (AvgIpc) is 3.67. The van der Waals surface area contributed by atoms with Crippen molar-refractivity contribution < 1.29 is 43.2 Å². The van der Waals surface area contributed by atoms with E-state index in [1.54, 1.807) is 19.1 Å². The van der Waals surface area contributed by atoms with Gasteiger partial charge in [-0.2, -0.15) is 0 Å². The first kappa shape index (κ1) is 30.7. The second-order valence-electron chi connectivity index (χ2n) is 9.99. The average molecular weight is 622 g/mol. The zero-order chi connectivity index (χ0) is 31.2. The summed E-state index contributed by atoms with van der Waals surface area (Å²) in [6, 6.07) is 13.0. The molecule has 2 amide bonds. The van der Waals surface area contributed by atoms with Crippen LogP contribution in [0.3, 0.4) is 0 Å². The van der Waals surface area contributed by atoms with Gasteiger partial charge in [0.1, 0.15) is 23.1 Å². The third-order valence-electron chi connectivity index (χ3n) is 7.18. The monoisotopic (exact) mass is 621 g/mol. The van der Waals surface area contributed by atoms with Crippen molar-refractivity contribution in [2.45, 2.75) is 32.0 Å². The smallest absolute Gasteiger partial charge is 0.412 e. The van der Waals surface area contributed by atoms with E-state index in [0.29, 0.717) is 47.8 Å². The topological polar surface area (TPSA) is 161 Å². The molecule has 2 aromatic heterocycles. The number of carboxylic acids is 1. The fourth-order valence-corrected chi connectivity index (χ4v) is 6.27. The van der Waals surface area contributed by atoms with Crippen LogP contribution in [0.2, 0.25) is 0 Å². The number of methoxy groups -OCH3 is 1. The number of rotatable bonds is 11. The van der Waals surface area contributed by atoms with E-state index in [9.17, 15) is 24.6 Å². The van der Waals surface area contributed by atoms with Crippen LogP contribution >= 0.6 is 11.3 Å². The largest absolute Gasteiger partial charge is 0.496 e. The molecule has 12 nitrogen and oxygen atoms in total. The van der Waals surface area contributed by atoms with Gasteiger partial charge in [-0.05, 0) is 49.6 Å². The predicted molar refractivity (Wildman–Crippen MR) is 162 cm³/mol. The molecule has 13 heteroatoms. The Morgan fingerprint density at radius 1 is 1.14 bits per heavy atom. The number of carbonyl (C=O) groups is 3. The Hall–Kier alpha value is -4.72. The van der Waals surface area contributed by atoms with Crippen LogP contribution in [-0.2, 0) is 9.47 Å². The lowest BCUT2D eigenvalue weighted by atomic mass is 10.1. The number of aromatic nitrogens is 1. The maximum atomic E-state index is 13.8. The molecule has 230 valence electrons. The van der Waals surface area contributed by atoms with Crippen molar-refractivity contribution in [3.63, 3.8) is 0 Å². The van der Waals surface area contributed by atoms with Gasteiger partial charge in [-0.3, -0.25) is 9.69 Å². The number of amides is 2. The Morgan fingerprint density at radius 3 is 2.59 bits per heavy atom. The molecule has 4 aromatic rings. The molecule has 1 saturated heterocycles. The van der Waals surface area contributed by atoms with Crippen LogP contribution in [0.1, 0.15) is 50.8 Å². The van der Waals surface area contributed by atoms with Gasteiger partial charge in [-0.25, -0.2) is 14.6 Å². The number of carbonyl (C=O) groups excluding carboxylic acids is 1. The van der Waals surface area contributed by atoms with Crippen LogP contribution in [0, 0.1) is 6.92 Å². The molecule has 1 fully saturated rings. The molecule has 5 rings (SSSR count). The summed E-state index contributed by atoms with van der Waals surface area (Å²) in [5.74, 6) is -1.01. The first-order valence-electron chi connectivity index (χ1n) is 13.8. The fraction of sp³-hybridized carbons (Fsp3) is 0.290. The quantitative estimate of drug-likeness (QED) is 0.179. The zero-order valence-electron chi connectivity index (χ0n) is 24.0. The molecule has 0 unspecified atom stereocenters. The molecule has 44 heavy (non-hydrogen) atoms. The van der Waals surface area contributed by atoms with Crippen LogP contribution in [0.25, 0.3) is 10.8 Å². The first-order valence-corrected chi connectivity index (χ1v) is 14.6. The second-order valence-corrected chi connectivity index (χ2v) is 11.0. The van der Waals surface area contributed by atoms with E-state index in [1.165, 1.54) is 37.8 Å². The number of oxazole rings is 1. The molecular weight excluding hydrogens is 590 g/mol. The molecule has 0 saturated carbocycles. The minimum atomic E-state index is -1.30. The van der Waals surface area contributed by atoms with E-state index in [2.05, 4.69) is 10.3 Å². The number of carboxylic acid groups (broad SMARTS) is 2. The highest BCUT2D eigenvalue weighted by atomic mass is 32.1. The number of nitrogens with one attached hydrogen (secondary N) is 1. The van der Waals surface area contributed by atoms with E-state index in [4.69, 9.17) is 18.6 Å². The van der Waals surface area contributed by atoms with Gasteiger partial charge < -0.3 is 34.2 Å². The van der Waals surface area contributed by atoms with Crippen molar-refractivity contribution in [3.8, 4) is 16.5 Å². The molecule has 3 heterocycles. The second kappa shape index (κ2) is 13.7. The summed E-state index contributed by atoms with van der Waals surface area (Å²) in [6.45, 7) is 2.58. The molecule has 0 radical (unpaired) electrons. The van der Waals surface area contributed by atoms with E-state index in [0.717, 1.165) is 16.2 Å². The van der Waals surface area contributed by atoms with Crippen molar-refractivity contribution in [1.82, 2.24) is 4.98 Å². The maximum Gasteiger partial charge on any atom is 0.412 e. The third-order valence-corrected chi connectivity index (χ3v) is 8.49. The summed E-state index contributed by atoms with van der Waals surface area (Å²) in [5.41, 5.74) is 1.41. The number of anilines is 2. The third kappa shape index (κ3) is 6.75. The minimum absolute atomic E-state index is 0.0115. The van der Waals surface area contributed by atoms with Gasteiger partial charge in [0.15, 0.2) is 0 Å². The highest BCUT2D eigenvalue weighted by Crippen LogP contribution is 2.43. The summed E-state index contributed by atoms with van der Waals surface area (Å²) in [7, 11) is 1.53. The Bertz CT molecular complexity index is 1630. The van der Waals surface area contributed by atoms with Gasteiger partial charge in [0.05, 0.1) is 42.0 Å². The summed E-state index contributed by atoms with van der Waals surface area (Å²) >= 11 is 1.05. The lowest BCUT2D eigenvalue weighted by molar-refractivity contribution is -0.0672. The predicted octanol–water partition coefficient (Wildman–Crippen LogP) is 6.09. The summed E-state index contributed by atoms with van der Waals surface area (Å²) < 4.78 is 23.1. The normalized spacial score (nSPS) is 14.1. The van der Waals surface area contributed by atoms with E-state index >= 15 is 0 Å². The fourth-order valence-electron chi connectivity index (χ4n) is 5.02. The zero-order valence-corrected chi connectivity index (χ0v) is 24.8. The molecule has 1 aliphatic rings. The van der Waals surface area contributed by atoms with Crippen molar-refractivity contribution >= 4 is 40.0 Å². The Kier molecular flexibility index (Phi) is 9.58. The maximum absolute atomic E-state index is 13.8. The SMILES string of the molecule is COc1ccccc1[C@H](CN(C(=O)O)c1sc(-c2ncco2)c(C)c1C(=O)Nc1cccc(C(=O)O)c1)OC1CCOCC1. The lowest BCUT2D eigenvalue weighted by Gasteiger charge is -2.31. The lowest BCUT2D eigenvalue weighted by Crippen LogP contribution is -2.37. The minimum Gasteiger partial charge on any atom is -0.496 e.